The number of rotatable bonds is 2. The second-order valence-corrected chi connectivity index (χ2v) is 3.05. The summed E-state index contributed by atoms with van der Waals surface area (Å²) in [5, 5.41) is 1.16. The van der Waals surface area contributed by atoms with Crippen LogP contribution in [0.2, 0.25) is 5.28 Å². The van der Waals surface area contributed by atoms with Crippen LogP contribution in [-0.4, -0.2) is 16.3 Å². The van der Waals surface area contributed by atoms with Crippen molar-refractivity contribution in [2.75, 3.05) is 0 Å². The van der Waals surface area contributed by atoms with Gasteiger partial charge in [-0.1, -0.05) is 0 Å². The molecular formula is C8H9AlO4P2. The molecule has 1 rings (SSSR count). The van der Waals surface area contributed by atoms with Crippen LogP contribution in [0.5, 0.6) is 0 Å². The molecular weight excluding hydrogens is 249 g/mol. The molecule has 0 unspecified atom stereocenters. The van der Waals surface area contributed by atoms with Gasteiger partial charge in [-0.05, 0) is 0 Å². The van der Waals surface area contributed by atoms with Gasteiger partial charge in [0.15, 0.2) is 0 Å². The summed E-state index contributed by atoms with van der Waals surface area (Å²) in [4.78, 5) is 16.7. The Bertz CT molecular complexity index is 240. The topological polar surface area (TPSA) is 80.3 Å². The first kappa shape index (κ1) is 17.3. The molecule has 4 nitrogen and oxygen atoms in total. The molecule has 0 aliphatic carbocycles. The number of aryl methyl sites for hydroxylation is 1. The van der Waals surface area contributed by atoms with Crippen LogP contribution in [0.3, 0.4) is 0 Å². The van der Waals surface area contributed by atoms with Crippen molar-refractivity contribution in [1.82, 2.24) is 0 Å². The van der Waals surface area contributed by atoms with Gasteiger partial charge in [0.05, 0.1) is 17.4 Å². The third kappa shape index (κ3) is 16.5. The van der Waals surface area contributed by atoms with Crippen LogP contribution >= 0.6 is 17.4 Å². The summed E-state index contributed by atoms with van der Waals surface area (Å²) in [5.74, 6) is 0. The Kier molecular flexibility index (Phi) is 18.8. The van der Waals surface area contributed by atoms with Crippen LogP contribution in [0.25, 0.3) is 0 Å². The fourth-order valence-electron chi connectivity index (χ4n) is 0.811. The van der Waals surface area contributed by atoms with E-state index >= 15 is 0 Å². The third-order valence-electron chi connectivity index (χ3n) is 1.28. The molecule has 0 aliphatic rings. The Morgan fingerprint density at radius 3 is 1.80 bits per heavy atom. The van der Waals surface area contributed by atoms with E-state index in [0.717, 1.165) is 5.28 Å². The molecule has 0 bridgehead atoms. The Hall–Kier alpha value is -0.128. The fourth-order valence-corrected chi connectivity index (χ4v) is 1.14. The monoisotopic (exact) mass is 258 g/mol. The fraction of sp³-hybridized carbons (Fsp3) is 0.250. The molecule has 0 N–H and O–H groups in total. The van der Waals surface area contributed by atoms with E-state index in [0.29, 0.717) is 0 Å². The van der Waals surface area contributed by atoms with E-state index in [1.54, 1.807) is 0 Å². The van der Waals surface area contributed by atoms with Crippen molar-refractivity contribution >= 4 is 33.7 Å². The first-order chi connectivity index (χ1) is 7.26. The summed E-state index contributed by atoms with van der Waals surface area (Å²) in [6, 6.07) is 10.5. The maximum absolute atomic E-state index is 8.35. The summed E-state index contributed by atoms with van der Waals surface area (Å²) in [5.41, 5.74) is 1.42. The average molecular weight is 258 g/mol. The number of hydrogen-bond donors (Lipinski definition) is 0. The van der Waals surface area contributed by atoms with Crippen LogP contribution in [0.1, 0.15) is 5.56 Å². The summed E-state index contributed by atoms with van der Waals surface area (Å²) in [6.45, 7) is 0. The molecule has 1 aromatic carbocycles. The Morgan fingerprint density at radius 1 is 1.07 bits per heavy atom. The van der Waals surface area contributed by atoms with Gasteiger partial charge in [0.1, 0.15) is 0 Å². The van der Waals surface area contributed by atoms with Crippen LogP contribution in [0.15, 0.2) is 30.3 Å². The maximum atomic E-state index is 8.35. The van der Waals surface area contributed by atoms with Crippen LogP contribution in [-0.2, 0) is 15.6 Å². The molecule has 0 aliphatic heterocycles. The van der Waals surface area contributed by atoms with Gasteiger partial charge in [0.25, 0.3) is 0 Å². The number of hydrogen-bond acceptors (Lipinski definition) is 4. The molecule has 0 saturated heterocycles. The van der Waals surface area contributed by atoms with Crippen molar-refractivity contribution in [3.63, 3.8) is 0 Å². The first-order valence-corrected chi connectivity index (χ1v) is 6.18. The third-order valence-corrected chi connectivity index (χ3v) is 1.56. The Balaban J connectivity index is 0. The predicted molar refractivity (Wildman–Crippen MR) is 55.9 cm³/mol. The van der Waals surface area contributed by atoms with Gasteiger partial charge in [-0.3, -0.25) is 9.13 Å². The normalized spacial score (nSPS) is 8.53. The molecule has 0 fully saturated rings. The second kappa shape index (κ2) is 16.3. The molecule has 7 heteroatoms. The van der Waals surface area contributed by atoms with Crippen molar-refractivity contribution in [2.45, 2.75) is 11.7 Å². The molecule has 0 saturated carbocycles. The van der Waals surface area contributed by atoms with Crippen LogP contribution in [0.4, 0.5) is 0 Å². The summed E-state index contributed by atoms with van der Waals surface area (Å²) >= 11 is 2.73. The second-order valence-electron chi connectivity index (χ2n) is 2.17. The van der Waals surface area contributed by atoms with Crippen molar-refractivity contribution in [3.8, 4) is 0 Å². The van der Waals surface area contributed by atoms with Crippen molar-refractivity contribution in [3.05, 3.63) is 35.9 Å². The van der Waals surface area contributed by atoms with E-state index in [1.807, 2.05) is 6.07 Å². The van der Waals surface area contributed by atoms with Gasteiger partial charge in [-0.15, -0.1) is 0 Å². The van der Waals surface area contributed by atoms with E-state index in [2.05, 4.69) is 40.6 Å². The minimum atomic E-state index is -1.08. The van der Waals surface area contributed by atoms with Gasteiger partial charge < -0.3 is 9.79 Å². The zero-order chi connectivity index (χ0) is 11.9. The predicted octanol–water partition coefficient (Wildman–Crippen LogP) is 0.923. The minimum absolute atomic E-state index is 1.08. The van der Waals surface area contributed by atoms with E-state index in [9.17, 15) is 0 Å². The SMILES string of the molecule is O=P[O-].O=P[O-].[Al+2][CH2]Cc1ccccc1. The molecule has 0 heterocycles. The van der Waals surface area contributed by atoms with E-state index in [-0.39, 0.29) is 0 Å². The summed E-state index contributed by atoms with van der Waals surface area (Å²) < 4.78 is 16.7. The molecule has 15 heavy (non-hydrogen) atoms. The van der Waals surface area contributed by atoms with E-state index in [4.69, 9.17) is 18.9 Å². The quantitative estimate of drug-likeness (QED) is 0.583. The molecule has 0 aromatic heterocycles. The summed E-state index contributed by atoms with van der Waals surface area (Å²) in [7, 11) is -2.17. The van der Waals surface area contributed by atoms with Crippen molar-refractivity contribution < 1.29 is 18.9 Å². The molecule has 0 spiro atoms. The Labute approximate surface area is 100 Å². The first-order valence-electron chi connectivity index (χ1n) is 3.90. The van der Waals surface area contributed by atoms with Crippen LogP contribution < -0.4 is 9.79 Å². The van der Waals surface area contributed by atoms with Gasteiger partial charge >= 0.3 is 63.9 Å². The zero-order valence-corrected chi connectivity index (χ0v) is 10.8. The van der Waals surface area contributed by atoms with Crippen molar-refractivity contribution in [1.29, 1.82) is 0 Å². The van der Waals surface area contributed by atoms with E-state index < -0.39 is 17.4 Å². The van der Waals surface area contributed by atoms with Gasteiger partial charge in [-0.25, -0.2) is 0 Å². The number of benzene rings is 1. The van der Waals surface area contributed by atoms with Gasteiger partial charge in [0.2, 0.25) is 0 Å². The summed E-state index contributed by atoms with van der Waals surface area (Å²) in [6.07, 6.45) is 1.17. The molecule has 78 valence electrons. The molecule has 1 aromatic rings. The standard InChI is InChI=1S/C8H9.Al.2HO2P/c1-2-8-6-4-3-5-7-8;;2*1-3-2/h3-7H,1-2H2;;2*(H,1,2)/q;+2;;/p-2. The zero-order valence-electron chi connectivity index (χ0n) is 7.91. The molecule has 0 amide bonds. The Morgan fingerprint density at radius 2 is 1.47 bits per heavy atom. The molecule has 0 radical (unpaired) electrons. The van der Waals surface area contributed by atoms with Gasteiger partial charge in [-0.2, -0.15) is 0 Å². The molecule has 0 atom stereocenters. The average Bonchev–Trinajstić information content (AvgIpc) is 2.22. The van der Waals surface area contributed by atoms with Crippen molar-refractivity contribution in [2.24, 2.45) is 0 Å². The van der Waals surface area contributed by atoms with Crippen LogP contribution in [0, 0.1) is 0 Å². The van der Waals surface area contributed by atoms with E-state index in [1.165, 1.54) is 12.0 Å². The van der Waals surface area contributed by atoms with Gasteiger partial charge in [0, 0.05) is 0 Å².